The summed E-state index contributed by atoms with van der Waals surface area (Å²) in [4.78, 5) is 53.3. The maximum Gasteiger partial charge on any atom is 0.410 e. The van der Waals surface area contributed by atoms with E-state index < -0.39 is 23.7 Å². The number of aryl methyl sites for hydroxylation is 1. The first kappa shape index (κ1) is 44.9. The molecule has 4 aromatic carbocycles. The van der Waals surface area contributed by atoms with Gasteiger partial charge in [-0.2, -0.15) is 4.98 Å². The lowest BCUT2D eigenvalue weighted by Gasteiger charge is -2.41. The zero-order valence-electron chi connectivity index (χ0n) is 35.3. The number of amides is 2. The van der Waals surface area contributed by atoms with Crippen LogP contribution in [0.3, 0.4) is 0 Å². The molecular formula is C48H51ClFN7O5S. The van der Waals surface area contributed by atoms with Crippen molar-refractivity contribution in [1.82, 2.24) is 24.8 Å². The molecule has 7 rings (SSSR count). The Balaban J connectivity index is 1.04. The number of rotatable bonds is 15. The van der Waals surface area contributed by atoms with Crippen LogP contribution in [0, 0.1) is 5.82 Å². The number of benzene rings is 4. The second-order valence-corrected chi connectivity index (χ2v) is 16.9. The minimum absolute atomic E-state index is 0.0226. The molecule has 0 saturated carbocycles. The predicted molar refractivity (Wildman–Crippen MR) is 248 cm³/mol. The fourth-order valence-electron chi connectivity index (χ4n) is 7.97. The zero-order valence-corrected chi connectivity index (χ0v) is 36.8. The van der Waals surface area contributed by atoms with Crippen molar-refractivity contribution in [3.8, 4) is 16.9 Å². The molecule has 0 aliphatic carbocycles. The lowest BCUT2D eigenvalue weighted by Crippen LogP contribution is -2.46. The normalized spacial score (nSPS) is 15.9. The minimum atomic E-state index is -0.589. The van der Waals surface area contributed by atoms with Gasteiger partial charge in [-0.25, -0.2) is 18.8 Å². The molecule has 1 aliphatic rings. The number of thioether (sulfide) groups is 1. The summed E-state index contributed by atoms with van der Waals surface area (Å²) in [5.41, 5.74) is 10.6. The lowest BCUT2D eigenvalue weighted by molar-refractivity contribution is 0.0393. The molecule has 15 heteroatoms. The first-order chi connectivity index (χ1) is 30.6. The number of fused-ring (bicyclic) bond motifs is 1. The molecule has 63 heavy (non-hydrogen) atoms. The number of likely N-dealkylation sites (tertiary alicyclic amines) is 1. The van der Waals surface area contributed by atoms with E-state index in [1.54, 1.807) is 24.4 Å². The van der Waals surface area contributed by atoms with Crippen LogP contribution < -0.4 is 16.7 Å². The van der Waals surface area contributed by atoms with E-state index in [-0.39, 0.29) is 41.9 Å². The van der Waals surface area contributed by atoms with Gasteiger partial charge in [0, 0.05) is 35.8 Å². The number of H-pyrrole nitrogens is 1. The molecule has 12 nitrogen and oxygen atoms in total. The van der Waals surface area contributed by atoms with Crippen molar-refractivity contribution in [3.63, 3.8) is 0 Å². The molecule has 0 bridgehead atoms. The Morgan fingerprint density at radius 3 is 2.38 bits per heavy atom. The van der Waals surface area contributed by atoms with E-state index in [4.69, 9.17) is 26.8 Å². The van der Waals surface area contributed by atoms with Gasteiger partial charge in [0.1, 0.15) is 18.9 Å². The summed E-state index contributed by atoms with van der Waals surface area (Å²) < 4.78 is 28.2. The molecule has 1 saturated heterocycles. The highest BCUT2D eigenvalue weighted by atomic mass is 35.5. The number of nitrogens with zero attached hydrogens (tertiary/aromatic N) is 4. The number of nitrogens with two attached hydrogens (primary N) is 1. The average Bonchev–Trinajstić information content (AvgIpc) is 3.71. The Kier molecular flexibility index (Phi) is 15.2. The number of hydrogen-bond acceptors (Lipinski definition) is 8. The van der Waals surface area contributed by atoms with Gasteiger partial charge in [0.05, 0.1) is 22.4 Å². The summed E-state index contributed by atoms with van der Waals surface area (Å²) in [5.74, 6) is -0.589. The molecule has 2 amide bonds. The zero-order chi connectivity index (χ0) is 44.3. The van der Waals surface area contributed by atoms with Crippen LogP contribution in [0.4, 0.5) is 14.0 Å². The van der Waals surface area contributed by atoms with Gasteiger partial charge in [0.15, 0.2) is 11.0 Å². The third-order valence-electron chi connectivity index (χ3n) is 11.2. The number of aliphatic imine (C=N–C) groups is 1. The summed E-state index contributed by atoms with van der Waals surface area (Å²) in [7, 11) is 0. The van der Waals surface area contributed by atoms with Crippen molar-refractivity contribution < 1.29 is 23.5 Å². The number of aromatic amines is 1. The maximum absolute atomic E-state index is 15.6. The first-order valence-corrected chi connectivity index (χ1v) is 22.7. The molecule has 4 N–H and O–H groups in total. The van der Waals surface area contributed by atoms with E-state index in [1.807, 2.05) is 103 Å². The van der Waals surface area contributed by atoms with E-state index >= 15 is 4.39 Å². The van der Waals surface area contributed by atoms with Crippen molar-refractivity contribution >= 4 is 51.8 Å². The van der Waals surface area contributed by atoms with Gasteiger partial charge in [-0.1, -0.05) is 96.2 Å². The summed E-state index contributed by atoms with van der Waals surface area (Å²) in [6, 6.07) is 31.2. The SMILES string of the molecule is CSC(N)=NCC[C@@H]1CCC[C@@H](c2ccc(-n3cc4cc(-c5cc(CCC[C@H](C)NC(=O)OCc6ccccc6)cc(Cl)c5F)[nH]c4nc3=O)cc2)N1C(=O)OCc1ccccc1. The van der Waals surface area contributed by atoms with Crippen molar-refractivity contribution in [1.29, 1.82) is 0 Å². The van der Waals surface area contributed by atoms with Crippen LogP contribution in [-0.4, -0.2) is 61.7 Å². The standard InChI is InChI=1S/C48H51ClFN7O5S/c1-31(53-47(59)61-29-32-12-5-3-6-13-32)11-9-16-34-25-39(43(50)40(49)26-34)41-27-36-28-56(46(58)55-44(36)54-41)37-21-19-35(20-22-37)42-18-10-17-38(23-24-52-45(51)63-2)57(42)48(60)62-30-33-14-7-4-8-15-33/h3-8,12-15,19-22,25-28,31,38,42H,9-11,16-18,23-24,29-30H2,1-2H3,(H2,51,52)(H,53,59)(H,54,55,58)/t31-,38-,42-/m0/s1. The molecule has 2 aromatic heterocycles. The molecule has 0 unspecified atom stereocenters. The van der Waals surface area contributed by atoms with Crippen LogP contribution in [0.5, 0.6) is 0 Å². The first-order valence-electron chi connectivity index (χ1n) is 21.1. The molecule has 1 fully saturated rings. The molecule has 3 heterocycles. The minimum Gasteiger partial charge on any atom is -0.445 e. The van der Waals surface area contributed by atoms with E-state index in [2.05, 4.69) is 20.3 Å². The van der Waals surface area contributed by atoms with Gasteiger partial charge in [-0.15, -0.1) is 0 Å². The maximum atomic E-state index is 15.6. The summed E-state index contributed by atoms with van der Waals surface area (Å²) in [6.45, 7) is 2.74. The third-order valence-corrected chi connectivity index (χ3v) is 12.0. The molecule has 1 aliphatic heterocycles. The summed E-state index contributed by atoms with van der Waals surface area (Å²) in [5, 5.41) is 3.94. The Hall–Kier alpha value is -6.12. The highest BCUT2D eigenvalue weighted by Gasteiger charge is 2.36. The van der Waals surface area contributed by atoms with Crippen LogP contribution in [0.15, 0.2) is 119 Å². The topological polar surface area (TPSA) is 157 Å². The van der Waals surface area contributed by atoms with E-state index in [0.29, 0.717) is 59.8 Å². The van der Waals surface area contributed by atoms with Crippen molar-refractivity contribution in [2.24, 2.45) is 10.7 Å². The summed E-state index contributed by atoms with van der Waals surface area (Å²) in [6.07, 6.45) is 7.75. The Morgan fingerprint density at radius 2 is 1.68 bits per heavy atom. The van der Waals surface area contributed by atoms with Crippen LogP contribution in [0.2, 0.25) is 5.02 Å². The third kappa shape index (κ3) is 11.7. The molecule has 3 atom stereocenters. The number of aromatic nitrogens is 3. The number of carbonyl (C=O) groups is 2. The van der Waals surface area contributed by atoms with Crippen molar-refractivity contribution in [2.75, 3.05) is 12.8 Å². The van der Waals surface area contributed by atoms with Crippen LogP contribution in [0.25, 0.3) is 28.0 Å². The Bertz CT molecular complexity index is 2590. The van der Waals surface area contributed by atoms with Gasteiger partial charge in [0.2, 0.25) is 0 Å². The fourth-order valence-corrected chi connectivity index (χ4v) is 8.43. The molecule has 328 valence electrons. The van der Waals surface area contributed by atoms with Crippen LogP contribution in [0.1, 0.15) is 73.7 Å². The number of ether oxygens (including phenoxy) is 2. The van der Waals surface area contributed by atoms with E-state index in [1.165, 1.54) is 16.3 Å². The van der Waals surface area contributed by atoms with Gasteiger partial charge in [-0.3, -0.25) is 14.5 Å². The van der Waals surface area contributed by atoms with Crippen LogP contribution in [-0.2, 0) is 29.1 Å². The lowest BCUT2D eigenvalue weighted by atomic mass is 9.89. The fraction of sp³-hybridized carbons (Fsp3) is 0.312. The van der Waals surface area contributed by atoms with E-state index in [9.17, 15) is 14.4 Å². The Labute approximate surface area is 375 Å². The highest BCUT2D eigenvalue weighted by Crippen LogP contribution is 2.37. The number of amidine groups is 1. The van der Waals surface area contributed by atoms with E-state index in [0.717, 1.165) is 41.5 Å². The molecule has 0 spiro atoms. The average molecular weight is 892 g/mol. The van der Waals surface area contributed by atoms with Gasteiger partial charge < -0.3 is 25.5 Å². The van der Waals surface area contributed by atoms with Gasteiger partial charge in [-0.05, 0) is 111 Å². The number of nitrogens with one attached hydrogen (secondary N) is 2. The predicted octanol–water partition coefficient (Wildman–Crippen LogP) is 10.1. The largest absolute Gasteiger partial charge is 0.445 e. The van der Waals surface area contributed by atoms with Crippen LogP contribution >= 0.6 is 23.4 Å². The van der Waals surface area contributed by atoms with Gasteiger partial charge in [0.25, 0.3) is 0 Å². The number of hydrogen-bond donors (Lipinski definition) is 3. The second-order valence-electron chi connectivity index (χ2n) is 15.7. The molecule has 0 radical (unpaired) electrons. The number of halogens is 2. The summed E-state index contributed by atoms with van der Waals surface area (Å²) >= 11 is 7.79. The highest BCUT2D eigenvalue weighted by molar-refractivity contribution is 8.13. The number of piperidine rings is 1. The smallest absolute Gasteiger partial charge is 0.410 e. The molecule has 6 aromatic rings. The Morgan fingerprint density at radius 1 is 0.984 bits per heavy atom. The quantitative estimate of drug-likeness (QED) is 0.0679. The second kappa shape index (κ2) is 21.3. The monoisotopic (exact) mass is 891 g/mol. The molecular weight excluding hydrogens is 841 g/mol. The number of carbonyl (C=O) groups excluding carboxylic acids is 2. The van der Waals surface area contributed by atoms with Crippen molar-refractivity contribution in [3.05, 3.63) is 153 Å². The van der Waals surface area contributed by atoms with Gasteiger partial charge >= 0.3 is 17.9 Å². The van der Waals surface area contributed by atoms with Crippen molar-refractivity contribution in [2.45, 2.75) is 83.2 Å². The number of alkyl carbamates (subject to hydrolysis) is 1.